The highest BCUT2D eigenvalue weighted by molar-refractivity contribution is 4.58. The number of aliphatic hydroxyl groups excluding tert-OH is 1. The smallest absolute Gasteiger partial charge is 0.0436 e. The molecule has 0 unspecified atom stereocenters. The minimum Gasteiger partial charge on any atom is -0.396 e. The first-order valence-electron chi connectivity index (χ1n) is 6.40. The first-order valence-corrected chi connectivity index (χ1v) is 6.40. The van der Waals surface area contributed by atoms with E-state index in [0.717, 1.165) is 12.3 Å². The van der Waals surface area contributed by atoms with Gasteiger partial charge < -0.3 is 5.11 Å². The van der Waals surface area contributed by atoms with Gasteiger partial charge in [-0.05, 0) is 17.8 Å². The number of hydrogen-bond donors (Lipinski definition) is 1. The van der Waals surface area contributed by atoms with E-state index in [1.807, 2.05) is 27.7 Å². The second-order valence-corrected chi connectivity index (χ2v) is 4.77. The summed E-state index contributed by atoms with van der Waals surface area (Å²) in [5, 5.41) is 8.40. The minimum absolute atomic E-state index is 0.300. The highest BCUT2D eigenvalue weighted by Crippen LogP contribution is 2.16. The van der Waals surface area contributed by atoms with E-state index >= 15 is 0 Å². The molecular weight excluding hydrogens is 184 g/mol. The van der Waals surface area contributed by atoms with Gasteiger partial charge in [-0.1, -0.05) is 69.2 Å². The molecule has 1 heteroatoms. The van der Waals surface area contributed by atoms with Crippen LogP contribution >= 0.6 is 0 Å². The zero-order chi connectivity index (χ0) is 13.5. The average Bonchev–Trinajstić information content (AvgIpc) is 2.08. The standard InChI is InChI=1S/C6H14O.C4H10.2C2H6/c1-6(2,3)4-5-7;1-4(2)3;2*1-2/h7H,4-5H2,1-3H3;4H,1-3H3;2*1-2H3. The quantitative estimate of drug-likeness (QED) is 0.649. The molecule has 0 rings (SSSR count). The highest BCUT2D eigenvalue weighted by atomic mass is 16.3. The van der Waals surface area contributed by atoms with Crippen molar-refractivity contribution >= 4 is 0 Å². The van der Waals surface area contributed by atoms with Gasteiger partial charge in [-0.15, -0.1) is 0 Å². The van der Waals surface area contributed by atoms with Crippen LogP contribution in [0.1, 0.15) is 75.7 Å². The second-order valence-electron chi connectivity index (χ2n) is 4.77. The van der Waals surface area contributed by atoms with Gasteiger partial charge in [0.15, 0.2) is 0 Å². The molecule has 0 aromatic heterocycles. The van der Waals surface area contributed by atoms with Crippen molar-refractivity contribution in [1.82, 2.24) is 0 Å². The Morgan fingerprint density at radius 1 is 0.867 bits per heavy atom. The van der Waals surface area contributed by atoms with E-state index in [-0.39, 0.29) is 0 Å². The normalized spacial score (nSPS) is 8.80. The fraction of sp³-hybridized carbons (Fsp3) is 1.00. The molecule has 0 bridgehead atoms. The van der Waals surface area contributed by atoms with E-state index in [1.54, 1.807) is 0 Å². The van der Waals surface area contributed by atoms with Crippen LogP contribution in [0.25, 0.3) is 0 Å². The fourth-order valence-corrected chi connectivity index (χ4v) is 0.335. The lowest BCUT2D eigenvalue weighted by molar-refractivity contribution is 0.225. The molecular formula is C14H36O. The van der Waals surface area contributed by atoms with E-state index in [4.69, 9.17) is 5.11 Å². The first-order chi connectivity index (χ1) is 6.79. The zero-order valence-corrected chi connectivity index (χ0v) is 12.9. The number of rotatable bonds is 1. The summed E-state index contributed by atoms with van der Waals surface area (Å²) in [6.07, 6.45) is 0.896. The molecule has 0 saturated heterocycles. The topological polar surface area (TPSA) is 20.2 Å². The molecule has 0 saturated carbocycles. The second kappa shape index (κ2) is 19.5. The maximum atomic E-state index is 8.40. The minimum atomic E-state index is 0.300. The summed E-state index contributed by atoms with van der Waals surface area (Å²) in [5.41, 5.74) is 0.300. The van der Waals surface area contributed by atoms with Crippen LogP contribution in [0.3, 0.4) is 0 Å². The van der Waals surface area contributed by atoms with Crippen LogP contribution in [0.5, 0.6) is 0 Å². The lowest BCUT2D eigenvalue weighted by atomic mass is 9.93. The third-order valence-corrected chi connectivity index (χ3v) is 0.862. The predicted octanol–water partition coefficient (Wildman–Crippen LogP) is 5.13. The lowest BCUT2D eigenvalue weighted by Gasteiger charge is -2.14. The Kier molecular flexibility index (Phi) is 31.6. The van der Waals surface area contributed by atoms with Crippen LogP contribution in [0, 0.1) is 11.3 Å². The Labute approximate surface area is 99.3 Å². The molecule has 0 atom stereocenters. The molecule has 0 aliphatic heterocycles. The molecule has 1 nitrogen and oxygen atoms in total. The SMILES string of the molecule is CC.CC.CC(C)(C)CCO.CC(C)C. The van der Waals surface area contributed by atoms with Gasteiger partial charge in [0, 0.05) is 6.61 Å². The molecule has 0 heterocycles. The van der Waals surface area contributed by atoms with Crippen LogP contribution in [0.4, 0.5) is 0 Å². The van der Waals surface area contributed by atoms with Crippen molar-refractivity contribution in [1.29, 1.82) is 0 Å². The molecule has 15 heavy (non-hydrogen) atoms. The molecule has 0 radical (unpaired) electrons. The first kappa shape index (κ1) is 24.3. The Balaban J connectivity index is -0.0000000647. The van der Waals surface area contributed by atoms with Crippen molar-refractivity contribution in [2.75, 3.05) is 6.61 Å². The maximum absolute atomic E-state index is 8.40. The maximum Gasteiger partial charge on any atom is 0.0436 e. The largest absolute Gasteiger partial charge is 0.396 e. The van der Waals surface area contributed by atoms with Crippen molar-refractivity contribution in [3.63, 3.8) is 0 Å². The van der Waals surface area contributed by atoms with Crippen LogP contribution in [0.15, 0.2) is 0 Å². The van der Waals surface area contributed by atoms with Crippen LogP contribution in [0.2, 0.25) is 0 Å². The van der Waals surface area contributed by atoms with Gasteiger partial charge >= 0.3 is 0 Å². The molecule has 1 N–H and O–H groups in total. The van der Waals surface area contributed by atoms with Crippen LogP contribution in [-0.4, -0.2) is 11.7 Å². The van der Waals surface area contributed by atoms with Gasteiger partial charge in [0.05, 0.1) is 0 Å². The summed E-state index contributed by atoms with van der Waals surface area (Å²) in [7, 11) is 0. The number of aliphatic hydroxyl groups is 1. The highest BCUT2D eigenvalue weighted by Gasteiger charge is 2.06. The molecule has 98 valence electrons. The molecule has 0 spiro atoms. The van der Waals surface area contributed by atoms with Gasteiger partial charge in [0.1, 0.15) is 0 Å². The molecule has 0 aliphatic rings. The van der Waals surface area contributed by atoms with Gasteiger partial charge in [-0.2, -0.15) is 0 Å². The third kappa shape index (κ3) is 127. The summed E-state index contributed by atoms with van der Waals surface area (Å²) in [6, 6.07) is 0. The summed E-state index contributed by atoms with van der Waals surface area (Å²) < 4.78 is 0. The summed E-state index contributed by atoms with van der Waals surface area (Å²) >= 11 is 0. The van der Waals surface area contributed by atoms with E-state index in [1.165, 1.54) is 0 Å². The van der Waals surface area contributed by atoms with Gasteiger partial charge in [-0.25, -0.2) is 0 Å². The molecule has 0 aromatic rings. The van der Waals surface area contributed by atoms with Crippen LogP contribution < -0.4 is 0 Å². The van der Waals surface area contributed by atoms with E-state index < -0.39 is 0 Å². The monoisotopic (exact) mass is 220 g/mol. The van der Waals surface area contributed by atoms with Crippen LogP contribution in [-0.2, 0) is 0 Å². The van der Waals surface area contributed by atoms with E-state index in [2.05, 4.69) is 41.5 Å². The Morgan fingerprint density at radius 3 is 1.07 bits per heavy atom. The van der Waals surface area contributed by atoms with Gasteiger partial charge in [0.2, 0.25) is 0 Å². The molecule has 0 fully saturated rings. The average molecular weight is 220 g/mol. The van der Waals surface area contributed by atoms with Crippen molar-refractivity contribution in [3.8, 4) is 0 Å². The van der Waals surface area contributed by atoms with E-state index in [0.29, 0.717) is 12.0 Å². The summed E-state index contributed by atoms with van der Waals surface area (Å²) in [5.74, 6) is 0.833. The van der Waals surface area contributed by atoms with Gasteiger partial charge in [0.25, 0.3) is 0 Å². The van der Waals surface area contributed by atoms with Crippen molar-refractivity contribution in [3.05, 3.63) is 0 Å². The van der Waals surface area contributed by atoms with Gasteiger partial charge in [-0.3, -0.25) is 0 Å². The Bertz CT molecular complexity index is 67.1. The molecule has 0 amide bonds. The lowest BCUT2D eigenvalue weighted by Crippen LogP contribution is -2.06. The molecule has 0 aliphatic carbocycles. The predicted molar refractivity (Wildman–Crippen MR) is 74.4 cm³/mol. The fourth-order valence-electron chi connectivity index (χ4n) is 0.335. The Morgan fingerprint density at radius 2 is 1.07 bits per heavy atom. The third-order valence-electron chi connectivity index (χ3n) is 0.862. The Hall–Kier alpha value is -0.0400. The van der Waals surface area contributed by atoms with Crippen molar-refractivity contribution < 1.29 is 5.11 Å². The summed E-state index contributed by atoms with van der Waals surface area (Å²) in [6.45, 7) is 21.2. The summed E-state index contributed by atoms with van der Waals surface area (Å²) in [4.78, 5) is 0. The number of hydrogen-bond acceptors (Lipinski definition) is 1. The molecule has 0 aromatic carbocycles. The van der Waals surface area contributed by atoms with Crippen molar-refractivity contribution in [2.24, 2.45) is 11.3 Å². The zero-order valence-electron chi connectivity index (χ0n) is 12.9. The van der Waals surface area contributed by atoms with E-state index in [9.17, 15) is 0 Å². The van der Waals surface area contributed by atoms with Crippen molar-refractivity contribution in [2.45, 2.75) is 75.7 Å².